The zero-order valence-corrected chi connectivity index (χ0v) is 15.7. The molecule has 0 saturated carbocycles. The first-order chi connectivity index (χ1) is 12.5. The standard InChI is InChI=1S/C20H23ClN2O3/c1-15(24)23(14-16-8-10-18(21)11-9-16)19(17-6-4-3-5-7-17)20(25)22-12-13-26-2/h3-11,19H,12-14H2,1-2H3,(H,22,25)/t19-/m1/s1. The average molecular weight is 375 g/mol. The highest BCUT2D eigenvalue weighted by molar-refractivity contribution is 6.30. The summed E-state index contributed by atoms with van der Waals surface area (Å²) in [5.74, 6) is -0.423. The number of hydrogen-bond acceptors (Lipinski definition) is 3. The SMILES string of the molecule is COCCNC(=O)[C@@H](c1ccccc1)N(Cc1ccc(Cl)cc1)C(C)=O. The molecule has 1 atom stereocenters. The third-order valence-electron chi connectivity index (χ3n) is 3.95. The van der Waals surface area contributed by atoms with Gasteiger partial charge in [0, 0.05) is 32.1 Å². The van der Waals surface area contributed by atoms with Crippen molar-refractivity contribution in [2.24, 2.45) is 0 Å². The summed E-state index contributed by atoms with van der Waals surface area (Å²) in [5.41, 5.74) is 1.65. The molecule has 6 heteroatoms. The quantitative estimate of drug-likeness (QED) is 0.722. The van der Waals surface area contributed by atoms with E-state index in [0.29, 0.717) is 24.7 Å². The molecule has 2 rings (SSSR count). The summed E-state index contributed by atoms with van der Waals surface area (Å²) in [4.78, 5) is 26.7. The molecule has 0 radical (unpaired) electrons. The van der Waals surface area contributed by atoms with Crippen LogP contribution in [0.3, 0.4) is 0 Å². The van der Waals surface area contributed by atoms with Crippen LogP contribution in [0.5, 0.6) is 0 Å². The maximum atomic E-state index is 12.8. The second kappa shape index (κ2) is 9.94. The van der Waals surface area contributed by atoms with Gasteiger partial charge in [0.15, 0.2) is 0 Å². The lowest BCUT2D eigenvalue weighted by Crippen LogP contribution is -2.43. The topological polar surface area (TPSA) is 58.6 Å². The van der Waals surface area contributed by atoms with E-state index in [4.69, 9.17) is 16.3 Å². The van der Waals surface area contributed by atoms with E-state index in [1.54, 1.807) is 24.1 Å². The van der Waals surface area contributed by atoms with Gasteiger partial charge < -0.3 is 15.0 Å². The lowest BCUT2D eigenvalue weighted by atomic mass is 10.0. The number of carbonyl (C=O) groups excluding carboxylic acids is 2. The van der Waals surface area contributed by atoms with Crippen molar-refractivity contribution in [2.45, 2.75) is 19.5 Å². The monoisotopic (exact) mass is 374 g/mol. The fourth-order valence-corrected chi connectivity index (χ4v) is 2.78. The van der Waals surface area contributed by atoms with Crippen LogP contribution in [0.1, 0.15) is 24.1 Å². The Labute approximate surface area is 158 Å². The fourth-order valence-electron chi connectivity index (χ4n) is 2.65. The van der Waals surface area contributed by atoms with E-state index >= 15 is 0 Å². The summed E-state index contributed by atoms with van der Waals surface area (Å²) in [6.45, 7) is 2.56. The van der Waals surface area contributed by atoms with Crippen LogP contribution in [0.4, 0.5) is 0 Å². The van der Waals surface area contributed by atoms with Gasteiger partial charge in [-0.25, -0.2) is 0 Å². The molecular formula is C20H23ClN2O3. The number of amides is 2. The van der Waals surface area contributed by atoms with E-state index in [1.807, 2.05) is 42.5 Å². The van der Waals surface area contributed by atoms with Crippen molar-refractivity contribution in [3.8, 4) is 0 Å². The Morgan fingerprint density at radius 3 is 2.35 bits per heavy atom. The zero-order chi connectivity index (χ0) is 18.9. The van der Waals surface area contributed by atoms with Crippen LogP contribution in [-0.2, 0) is 20.9 Å². The van der Waals surface area contributed by atoms with Crippen LogP contribution in [0, 0.1) is 0 Å². The molecule has 0 saturated heterocycles. The summed E-state index contributed by atoms with van der Waals surface area (Å²) >= 11 is 5.93. The molecule has 0 aliphatic heterocycles. The van der Waals surface area contributed by atoms with Gasteiger partial charge in [-0.3, -0.25) is 9.59 Å². The highest BCUT2D eigenvalue weighted by atomic mass is 35.5. The first-order valence-corrected chi connectivity index (χ1v) is 8.74. The minimum atomic E-state index is -0.721. The van der Waals surface area contributed by atoms with Gasteiger partial charge in [-0.1, -0.05) is 54.1 Å². The van der Waals surface area contributed by atoms with E-state index in [9.17, 15) is 9.59 Å². The van der Waals surface area contributed by atoms with E-state index in [2.05, 4.69) is 5.32 Å². The molecule has 138 valence electrons. The predicted molar refractivity (Wildman–Crippen MR) is 102 cm³/mol. The summed E-state index contributed by atoms with van der Waals surface area (Å²) in [6, 6.07) is 15.8. The summed E-state index contributed by atoms with van der Waals surface area (Å²) in [5, 5.41) is 3.46. The number of methoxy groups -OCH3 is 1. The number of carbonyl (C=O) groups is 2. The molecule has 5 nitrogen and oxygen atoms in total. The van der Waals surface area contributed by atoms with E-state index < -0.39 is 6.04 Å². The molecule has 0 aliphatic carbocycles. The van der Waals surface area contributed by atoms with Crippen molar-refractivity contribution in [1.29, 1.82) is 0 Å². The zero-order valence-electron chi connectivity index (χ0n) is 14.9. The summed E-state index contributed by atoms with van der Waals surface area (Å²) in [7, 11) is 1.57. The number of ether oxygens (including phenoxy) is 1. The van der Waals surface area contributed by atoms with Gasteiger partial charge in [0.1, 0.15) is 6.04 Å². The molecule has 0 bridgehead atoms. The molecule has 2 aromatic carbocycles. The Bertz CT molecular complexity index is 720. The van der Waals surface area contributed by atoms with Gasteiger partial charge in [0.2, 0.25) is 11.8 Å². The molecule has 2 amide bonds. The van der Waals surface area contributed by atoms with Crippen LogP contribution in [0.15, 0.2) is 54.6 Å². The third kappa shape index (κ3) is 5.58. The molecule has 0 spiro atoms. The van der Waals surface area contributed by atoms with Gasteiger partial charge in [0.05, 0.1) is 6.61 Å². The second-order valence-electron chi connectivity index (χ2n) is 5.87. The minimum Gasteiger partial charge on any atom is -0.383 e. The van der Waals surface area contributed by atoms with Crippen molar-refractivity contribution in [3.63, 3.8) is 0 Å². The van der Waals surface area contributed by atoms with E-state index in [0.717, 1.165) is 11.1 Å². The smallest absolute Gasteiger partial charge is 0.247 e. The van der Waals surface area contributed by atoms with Crippen molar-refractivity contribution in [3.05, 3.63) is 70.7 Å². The molecule has 0 aliphatic rings. The van der Waals surface area contributed by atoms with Crippen molar-refractivity contribution < 1.29 is 14.3 Å². The molecule has 0 unspecified atom stereocenters. The molecule has 1 N–H and O–H groups in total. The Morgan fingerprint density at radius 2 is 1.77 bits per heavy atom. The number of halogens is 1. The van der Waals surface area contributed by atoms with Crippen molar-refractivity contribution in [2.75, 3.05) is 20.3 Å². The highest BCUT2D eigenvalue weighted by Gasteiger charge is 2.29. The summed E-state index contributed by atoms with van der Waals surface area (Å²) < 4.78 is 4.98. The van der Waals surface area contributed by atoms with Crippen LogP contribution in [0.25, 0.3) is 0 Å². The first-order valence-electron chi connectivity index (χ1n) is 8.36. The predicted octanol–water partition coefficient (Wildman–Crippen LogP) is 3.19. The van der Waals surface area contributed by atoms with Crippen LogP contribution < -0.4 is 5.32 Å². The highest BCUT2D eigenvalue weighted by Crippen LogP contribution is 2.24. The van der Waals surface area contributed by atoms with E-state index in [-0.39, 0.29) is 11.8 Å². The lowest BCUT2D eigenvalue weighted by Gasteiger charge is -2.30. The summed E-state index contributed by atoms with van der Waals surface area (Å²) in [6.07, 6.45) is 0. The Balaban J connectivity index is 2.30. The molecule has 26 heavy (non-hydrogen) atoms. The van der Waals surface area contributed by atoms with Gasteiger partial charge in [-0.15, -0.1) is 0 Å². The first kappa shape index (κ1) is 19.9. The molecule has 0 heterocycles. The fraction of sp³-hybridized carbons (Fsp3) is 0.300. The average Bonchev–Trinajstić information content (AvgIpc) is 2.64. The molecule has 2 aromatic rings. The lowest BCUT2D eigenvalue weighted by molar-refractivity contribution is -0.140. The van der Waals surface area contributed by atoms with Gasteiger partial charge in [-0.2, -0.15) is 0 Å². The Kier molecular flexibility index (Phi) is 7.63. The number of nitrogens with zero attached hydrogens (tertiary/aromatic N) is 1. The Morgan fingerprint density at radius 1 is 1.12 bits per heavy atom. The van der Waals surface area contributed by atoms with Crippen molar-refractivity contribution >= 4 is 23.4 Å². The Hall–Kier alpha value is -2.37. The third-order valence-corrected chi connectivity index (χ3v) is 4.20. The largest absolute Gasteiger partial charge is 0.383 e. The number of benzene rings is 2. The molecular weight excluding hydrogens is 352 g/mol. The number of nitrogens with one attached hydrogen (secondary N) is 1. The molecule has 0 fully saturated rings. The van der Waals surface area contributed by atoms with Crippen LogP contribution >= 0.6 is 11.6 Å². The van der Waals surface area contributed by atoms with Crippen LogP contribution in [-0.4, -0.2) is 37.0 Å². The van der Waals surface area contributed by atoms with Crippen LogP contribution in [0.2, 0.25) is 5.02 Å². The maximum absolute atomic E-state index is 12.8. The van der Waals surface area contributed by atoms with Gasteiger partial charge in [0.25, 0.3) is 0 Å². The molecule has 0 aromatic heterocycles. The minimum absolute atomic E-state index is 0.185. The second-order valence-corrected chi connectivity index (χ2v) is 6.31. The maximum Gasteiger partial charge on any atom is 0.247 e. The number of rotatable bonds is 8. The van der Waals surface area contributed by atoms with Crippen molar-refractivity contribution in [1.82, 2.24) is 10.2 Å². The normalized spacial score (nSPS) is 11.7. The van der Waals surface area contributed by atoms with Gasteiger partial charge in [-0.05, 0) is 23.3 Å². The number of hydrogen-bond donors (Lipinski definition) is 1. The van der Waals surface area contributed by atoms with E-state index in [1.165, 1.54) is 6.92 Å². The van der Waals surface area contributed by atoms with Gasteiger partial charge >= 0.3 is 0 Å².